The molecule has 23 heavy (non-hydrogen) atoms. The fourth-order valence-electron chi connectivity index (χ4n) is 1.39. The minimum absolute atomic E-state index is 0.764. The van der Waals surface area contributed by atoms with Crippen LogP contribution in [0.1, 0.15) is 16.8 Å². The molecule has 0 radical (unpaired) electrons. The molecule has 0 heterocycles. The van der Waals surface area contributed by atoms with Gasteiger partial charge >= 0.3 is 11.9 Å². The maximum absolute atomic E-state index is 13.3. The van der Waals surface area contributed by atoms with Crippen LogP contribution in [0.5, 0.6) is 0 Å². The number of rotatable bonds is 6. The summed E-state index contributed by atoms with van der Waals surface area (Å²) in [6.45, 7) is -1.15. The van der Waals surface area contributed by atoms with E-state index in [1.807, 2.05) is 0 Å². The largest absolute Gasteiger partial charge is 0.480 e. The monoisotopic (exact) mass is 341 g/mol. The van der Waals surface area contributed by atoms with Crippen LogP contribution in [0.3, 0.4) is 0 Å². The molecule has 1 unspecified atom stereocenters. The van der Waals surface area contributed by atoms with Gasteiger partial charge in [-0.15, -0.1) is 0 Å². The van der Waals surface area contributed by atoms with Crippen molar-refractivity contribution in [2.24, 2.45) is 5.73 Å². The molecule has 0 aromatic heterocycles. The summed E-state index contributed by atoms with van der Waals surface area (Å²) < 4.78 is 69.3. The van der Waals surface area contributed by atoms with Crippen molar-refractivity contribution in [3.63, 3.8) is 0 Å². The van der Waals surface area contributed by atoms with Crippen molar-refractivity contribution in [1.29, 1.82) is 0 Å². The van der Waals surface area contributed by atoms with Gasteiger partial charge in [0.2, 0.25) is 5.82 Å². The van der Waals surface area contributed by atoms with Crippen molar-refractivity contribution in [1.82, 2.24) is 0 Å². The second-order valence-corrected chi connectivity index (χ2v) is 4.21. The number of ketones is 1. The van der Waals surface area contributed by atoms with Gasteiger partial charge in [0.25, 0.3) is 0 Å². The number of carboxylic acid groups (broad SMARTS) is 1. The van der Waals surface area contributed by atoms with Crippen molar-refractivity contribution < 1.29 is 46.2 Å². The summed E-state index contributed by atoms with van der Waals surface area (Å²) in [6, 6.07) is -1.60. The Kier molecular flexibility index (Phi) is 5.73. The minimum atomic E-state index is -2.46. The molecular weight excluding hydrogens is 333 g/mol. The Labute approximate surface area is 124 Å². The molecular formula is C12H8F5NO5. The number of esters is 1. The fraction of sp³-hybridized carbons (Fsp3) is 0.250. The summed E-state index contributed by atoms with van der Waals surface area (Å²) in [5.41, 5.74) is 3.15. The highest BCUT2D eigenvalue weighted by molar-refractivity contribution is 5.93. The molecule has 1 rings (SSSR count). The Balaban J connectivity index is 2.88. The summed E-state index contributed by atoms with van der Waals surface area (Å²) in [5, 5.41) is 8.44. The molecule has 0 aliphatic rings. The van der Waals surface area contributed by atoms with Crippen molar-refractivity contribution in [2.75, 3.05) is 6.61 Å². The van der Waals surface area contributed by atoms with E-state index in [0.717, 1.165) is 0 Å². The molecule has 0 spiro atoms. The molecule has 126 valence electrons. The van der Waals surface area contributed by atoms with E-state index < -0.39 is 71.4 Å². The molecule has 1 aromatic rings. The molecule has 0 aliphatic heterocycles. The Bertz CT molecular complexity index is 649. The van der Waals surface area contributed by atoms with Crippen LogP contribution in [0.4, 0.5) is 22.0 Å². The van der Waals surface area contributed by atoms with Gasteiger partial charge in [0, 0.05) is 6.42 Å². The van der Waals surface area contributed by atoms with Crippen LogP contribution in [0.25, 0.3) is 0 Å². The van der Waals surface area contributed by atoms with Gasteiger partial charge in [0.05, 0.1) is 0 Å². The van der Waals surface area contributed by atoms with E-state index in [1.165, 1.54) is 0 Å². The SMILES string of the molecule is NC(CC(=O)COC(=O)c1c(F)c(F)c(F)c(F)c1F)C(=O)O. The van der Waals surface area contributed by atoms with Crippen molar-refractivity contribution in [3.05, 3.63) is 34.6 Å². The lowest BCUT2D eigenvalue weighted by Crippen LogP contribution is -2.33. The van der Waals surface area contributed by atoms with Crippen molar-refractivity contribution >= 4 is 17.7 Å². The van der Waals surface area contributed by atoms with Gasteiger partial charge in [-0.1, -0.05) is 0 Å². The molecule has 0 saturated heterocycles. The molecule has 1 atom stereocenters. The van der Waals surface area contributed by atoms with E-state index in [2.05, 4.69) is 4.74 Å². The predicted octanol–water partition coefficient (Wildman–Crippen LogP) is 0.910. The average molecular weight is 341 g/mol. The number of benzene rings is 1. The number of nitrogens with two attached hydrogens (primary N) is 1. The van der Waals surface area contributed by atoms with E-state index >= 15 is 0 Å². The van der Waals surface area contributed by atoms with Gasteiger partial charge in [0.15, 0.2) is 29.1 Å². The Morgan fingerprint density at radius 1 is 0.957 bits per heavy atom. The molecule has 0 fully saturated rings. The number of carboxylic acids is 1. The van der Waals surface area contributed by atoms with E-state index in [4.69, 9.17) is 10.8 Å². The number of ether oxygens (including phenoxy) is 1. The minimum Gasteiger partial charge on any atom is -0.480 e. The second-order valence-electron chi connectivity index (χ2n) is 4.21. The fourth-order valence-corrected chi connectivity index (χ4v) is 1.39. The second kappa shape index (κ2) is 7.13. The zero-order chi connectivity index (χ0) is 17.9. The molecule has 0 amide bonds. The summed E-state index contributed by atoms with van der Waals surface area (Å²) >= 11 is 0. The molecule has 0 aliphatic carbocycles. The first-order valence-electron chi connectivity index (χ1n) is 5.76. The smallest absolute Gasteiger partial charge is 0.344 e. The first-order chi connectivity index (χ1) is 10.6. The highest BCUT2D eigenvalue weighted by Crippen LogP contribution is 2.23. The predicted molar refractivity (Wildman–Crippen MR) is 61.7 cm³/mol. The third-order valence-corrected chi connectivity index (χ3v) is 2.54. The molecule has 0 bridgehead atoms. The summed E-state index contributed by atoms with van der Waals surface area (Å²) in [5.74, 6) is -16.5. The van der Waals surface area contributed by atoms with E-state index in [0.29, 0.717) is 0 Å². The van der Waals surface area contributed by atoms with Crippen LogP contribution in [-0.2, 0) is 14.3 Å². The van der Waals surface area contributed by atoms with Crippen LogP contribution in [0.15, 0.2) is 0 Å². The normalized spacial score (nSPS) is 11.9. The van der Waals surface area contributed by atoms with Crippen LogP contribution in [0.2, 0.25) is 0 Å². The van der Waals surface area contributed by atoms with Gasteiger partial charge in [0.1, 0.15) is 18.2 Å². The first kappa shape index (κ1) is 18.5. The van der Waals surface area contributed by atoms with Gasteiger partial charge < -0.3 is 15.6 Å². The third kappa shape index (κ3) is 4.00. The van der Waals surface area contributed by atoms with Gasteiger partial charge in [-0.3, -0.25) is 9.59 Å². The maximum Gasteiger partial charge on any atom is 0.344 e. The zero-order valence-electron chi connectivity index (χ0n) is 11.0. The number of Topliss-reactive ketones (excluding diaryl/α,β-unsaturated/α-hetero) is 1. The number of aliphatic carboxylic acids is 1. The van der Waals surface area contributed by atoms with Gasteiger partial charge in [-0.25, -0.2) is 26.7 Å². The van der Waals surface area contributed by atoms with E-state index in [9.17, 15) is 36.3 Å². The number of carbonyl (C=O) groups excluding carboxylic acids is 2. The lowest BCUT2D eigenvalue weighted by molar-refractivity contribution is -0.140. The quantitative estimate of drug-likeness (QED) is 0.345. The number of hydrogen-bond donors (Lipinski definition) is 2. The Morgan fingerprint density at radius 3 is 1.83 bits per heavy atom. The van der Waals surface area contributed by atoms with E-state index in [1.54, 1.807) is 0 Å². The highest BCUT2D eigenvalue weighted by Gasteiger charge is 2.31. The average Bonchev–Trinajstić information content (AvgIpc) is 2.49. The number of hydrogen-bond acceptors (Lipinski definition) is 5. The number of carbonyl (C=O) groups is 3. The lowest BCUT2D eigenvalue weighted by Gasteiger charge is -2.09. The maximum atomic E-state index is 13.3. The van der Waals surface area contributed by atoms with Crippen LogP contribution < -0.4 is 5.73 Å². The first-order valence-corrected chi connectivity index (χ1v) is 5.76. The summed E-state index contributed by atoms with van der Waals surface area (Å²) in [6.07, 6.45) is -0.764. The Hall–Kier alpha value is -2.56. The Morgan fingerprint density at radius 2 is 1.39 bits per heavy atom. The topological polar surface area (TPSA) is 107 Å². The van der Waals surface area contributed by atoms with Crippen LogP contribution in [-0.4, -0.2) is 35.5 Å². The van der Waals surface area contributed by atoms with Crippen LogP contribution >= 0.6 is 0 Å². The molecule has 6 nitrogen and oxygen atoms in total. The van der Waals surface area contributed by atoms with Gasteiger partial charge in [-0.2, -0.15) is 0 Å². The lowest BCUT2D eigenvalue weighted by atomic mass is 10.1. The molecule has 1 aromatic carbocycles. The van der Waals surface area contributed by atoms with E-state index in [-0.39, 0.29) is 0 Å². The zero-order valence-corrected chi connectivity index (χ0v) is 11.0. The third-order valence-electron chi connectivity index (χ3n) is 2.54. The van der Waals surface area contributed by atoms with Crippen molar-refractivity contribution in [3.8, 4) is 0 Å². The molecule has 0 saturated carbocycles. The molecule has 11 heteroatoms. The van der Waals surface area contributed by atoms with Crippen LogP contribution in [0, 0.1) is 29.1 Å². The molecule has 3 N–H and O–H groups in total. The summed E-state index contributed by atoms with van der Waals surface area (Å²) in [7, 11) is 0. The highest BCUT2D eigenvalue weighted by atomic mass is 19.2. The van der Waals surface area contributed by atoms with Crippen molar-refractivity contribution in [2.45, 2.75) is 12.5 Å². The summed E-state index contributed by atoms with van der Waals surface area (Å²) in [4.78, 5) is 33.0. The number of halogens is 5. The van der Waals surface area contributed by atoms with Gasteiger partial charge in [-0.05, 0) is 0 Å². The standard InChI is InChI=1S/C12H8F5NO5/c13-6-5(7(14)9(16)10(17)8(6)15)12(22)23-2-3(19)1-4(18)11(20)21/h4H,1-2,18H2,(H,20,21).